The minimum absolute atomic E-state index is 0.445. The zero-order chi connectivity index (χ0) is 14.5. The number of alkyl halides is 1. The molecule has 20 heavy (non-hydrogen) atoms. The second-order valence-electron chi connectivity index (χ2n) is 4.89. The molecule has 3 heterocycles. The van der Waals surface area contributed by atoms with Gasteiger partial charge in [0.05, 0.1) is 4.75 Å². The molecule has 2 saturated heterocycles. The van der Waals surface area contributed by atoms with Gasteiger partial charge >= 0.3 is 5.69 Å². The zero-order valence-corrected chi connectivity index (χ0v) is 11.1. The summed E-state index contributed by atoms with van der Waals surface area (Å²) < 4.78 is 19.5. The highest BCUT2D eigenvalue weighted by atomic mass is 32.2. The molecule has 7 nitrogen and oxygen atoms in total. The Bertz CT molecular complexity index is 642. The van der Waals surface area contributed by atoms with Crippen LogP contribution in [0.2, 0.25) is 0 Å². The normalized spacial score (nSPS) is 40.0. The number of ether oxygens (including phenoxy) is 1. The van der Waals surface area contributed by atoms with Crippen LogP contribution in [0, 0.1) is 0 Å². The van der Waals surface area contributed by atoms with Crippen molar-refractivity contribution in [3.8, 4) is 0 Å². The molecule has 0 bridgehead atoms. The molecule has 3 rings (SSSR count). The summed E-state index contributed by atoms with van der Waals surface area (Å²) in [6.07, 6.45) is -0.997. The zero-order valence-electron chi connectivity index (χ0n) is 10.3. The van der Waals surface area contributed by atoms with Crippen molar-refractivity contribution >= 4 is 11.8 Å². The number of hydrogen-bond donors (Lipinski definition) is 3. The fourth-order valence-electron chi connectivity index (χ4n) is 2.63. The molecule has 0 amide bonds. The summed E-state index contributed by atoms with van der Waals surface area (Å²) in [7, 11) is 0. The second kappa shape index (κ2) is 4.42. The van der Waals surface area contributed by atoms with Gasteiger partial charge in [0.1, 0.15) is 12.7 Å². The minimum Gasteiger partial charge on any atom is -0.390 e. The van der Waals surface area contributed by atoms with Crippen molar-refractivity contribution in [1.82, 2.24) is 9.55 Å². The number of nitrogens with zero attached hydrogens (tertiary/aromatic N) is 1. The fourth-order valence-corrected chi connectivity index (χ4v) is 3.94. The van der Waals surface area contributed by atoms with Crippen LogP contribution in [-0.4, -0.2) is 48.8 Å². The number of rotatable bonds is 2. The van der Waals surface area contributed by atoms with Crippen molar-refractivity contribution in [1.29, 1.82) is 0 Å². The predicted octanol–water partition coefficient (Wildman–Crippen LogP) is -1.04. The average Bonchev–Trinajstić information content (AvgIpc) is 2.59. The number of aliphatic hydroxyl groups excluding tert-OH is 2. The van der Waals surface area contributed by atoms with E-state index >= 15 is 0 Å². The van der Waals surface area contributed by atoms with Gasteiger partial charge in [-0.1, -0.05) is 0 Å². The highest BCUT2D eigenvalue weighted by Gasteiger charge is 2.68. The lowest BCUT2D eigenvalue weighted by atomic mass is 9.93. The summed E-state index contributed by atoms with van der Waals surface area (Å²) in [6, 6.07) is 1.12. The van der Waals surface area contributed by atoms with Gasteiger partial charge in [-0.25, -0.2) is 9.18 Å². The van der Waals surface area contributed by atoms with Gasteiger partial charge in [0.2, 0.25) is 0 Å². The van der Waals surface area contributed by atoms with Gasteiger partial charge in [0.15, 0.2) is 6.23 Å². The molecule has 1 aromatic rings. The molecule has 1 aromatic heterocycles. The first kappa shape index (κ1) is 13.8. The molecule has 4 atom stereocenters. The molecular formula is C11H13FN2O5S. The summed E-state index contributed by atoms with van der Waals surface area (Å²) in [5, 5.41) is 19.2. The van der Waals surface area contributed by atoms with Gasteiger partial charge in [-0.2, -0.15) is 0 Å². The standard InChI is InChI=1S/C11H13FN2O5S/c12-11(5-15)7(17)10(2-4-20-10)8(19-11)14-3-1-6(16)13-9(14)18/h1,3,7-8,15,17H,2,4-5H2,(H,13,16,18)/t7-,8+,10+,11+/m0/s1. The van der Waals surface area contributed by atoms with Crippen LogP contribution in [0.5, 0.6) is 0 Å². The maximum absolute atomic E-state index is 14.4. The lowest BCUT2D eigenvalue weighted by molar-refractivity contribution is -0.207. The number of nitrogens with one attached hydrogen (secondary N) is 1. The van der Waals surface area contributed by atoms with Gasteiger partial charge < -0.3 is 14.9 Å². The van der Waals surface area contributed by atoms with Crippen LogP contribution in [-0.2, 0) is 4.74 Å². The molecule has 2 fully saturated rings. The maximum atomic E-state index is 14.4. The topological polar surface area (TPSA) is 105 Å². The SMILES string of the molecule is O=c1ccn([C@@H]2O[C@](F)(CO)[C@@H](O)[C@]23CCS3)c(=O)[nH]1. The average molecular weight is 304 g/mol. The van der Waals surface area contributed by atoms with E-state index < -0.39 is 40.8 Å². The van der Waals surface area contributed by atoms with E-state index in [-0.39, 0.29) is 0 Å². The molecule has 0 unspecified atom stereocenters. The van der Waals surface area contributed by atoms with Crippen LogP contribution in [0.4, 0.5) is 4.39 Å². The van der Waals surface area contributed by atoms with Crippen molar-refractivity contribution in [2.75, 3.05) is 12.4 Å². The Morgan fingerprint density at radius 2 is 2.30 bits per heavy atom. The third-order valence-corrected chi connectivity index (χ3v) is 5.35. The molecule has 0 aromatic carbocycles. The summed E-state index contributed by atoms with van der Waals surface area (Å²) >= 11 is 1.28. The largest absolute Gasteiger partial charge is 0.390 e. The Hall–Kier alpha value is -1.16. The maximum Gasteiger partial charge on any atom is 0.330 e. The van der Waals surface area contributed by atoms with Crippen LogP contribution in [0.25, 0.3) is 0 Å². The van der Waals surface area contributed by atoms with E-state index in [1.807, 2.05) is 0 Å². The molecule has 1 spiro atoms. The van der Waals surface area contributed by atoms with Crippen molar-refractivity contribution in [2.45, 2.75) is 29.4 Å². The molecule has 2 aliphatic heterocycles. The lowest BCUT2D eigenvalue weighted by Gasteiger charge is -2.43. The number of aromatic amines is 1. The first-order chi connectivity index (χ1) is 9.43. The van der Waals surface area contributed by atoms with E-state index in [0.717, 1.165) is 10.6 Å². The molecule has 0 saturated carbocycles. The highest BCUT2D eigenvalue weighted by Crippen LogP contribution is 2.59. The summed E-state index contributed by atoms with van der Waals surface area (Å²) in [4.78, 5) is 24.9. The Morgan fingerprint density at radius 3 is 2.80 bits per heavy atom. The quantitative estimate of drug-likeness (QED) is 0.645. The Labute approximate surface area is 116 Å². The number of halogens is 1. The van der Waals surface area contributed by atoms with Crippen molar-refractivity contribution < 1.29 is 19.3 Å². The Kier molecular flexibility index (Phi) is 3.05. The van der Waals surface area contributed by atoms with Crippen molar-refractivity contribution in [3.63, 3.8) is 0 Å². The molecule has 3 N–H and O–H groups in total. The lowest BCUT2D eigenvalue weighted by Crippen LogP contribution is -2.54. The van der Waals surface area contributed by atoms with E-state index in [2.05, 4.69) is 4.98 Å². The molecular weight excluding hydrogens is 291 g/mol. The van der Waals surface area contributed by atoms with E-state index in [9.17, 15) is 19.1 Å². The molecule has 9 heteroatoms. The second-order valence-corrected chi connectivity index (χ2v) is 6.34. The number of aliphatic hydroxyl groups is 2. The predicted molar refractivity (Wildman–Crippen MR) is 68.2 cm³/mol. The van der Waals surface area contributed by atoms with Crippen molar-refractivity contribution in [3.05, 3.63) is 33.1 Å². The number of H-pyrrole nitrogens is 1. The van der Waals surface area contributed by atoms with Crippen LogP contribution < -0.4 is 11.2 Å². The summed E-state index contributed by atoms with van der Waals surface area (Å²) in [5.41, 5.74) is -1.32. The minimum atomic E-state index is -2.62. The monoisotopic (exact) mass is 304 g/mol. The number of hydrogen-bond acceptors (Lipinski definition) is 6. The van der Waals surface area contributed by atoms with Gasteiger partial charge in [0, 0.05) is 12.3 Å². The van der Waals surface area contributed by atoms with Gasteiger partial charge in [-0.05, 0) is 12.2 Å². The van der Waals surface area contributed by atoms with E-state index in [4.69, 9.17) is 9.84 Å². The van der Waals surface area contributed by atoms with Gasteiger partial charge in [-0.3, -0.25) is 14.3 Å². The van der Waals surface area contributed by atoms with Crippen LogP contribution in [0.15, 0.2) is 21.9 Å². The summed E-state index contributed by atoms with van der Waals surface area (Å²) in [6.45, 7) is -1.01. The van der Waals surface area contributed by atoms with Gasteiger partial charge in [0.25, 0.3) is 11.4 Å². The third-order valence-electron chi connectivity index (χ3n) is 3.78. The Morgan fingerprint density at radius 1 is 1.60 bits per heavy atom. The molecule has 0 aliphatic carbocycles. The van der Waals surface area contributed by atoms with Crippen LogP contribution in [0.3, 0.4) is 0 Å². The first-order valence-corrected chi connectivity index (χ1v) is 7.03. The summed E-state index contributed by atoms with van der Waals surface area (Å²) in [5.74, 6) is -1.93. The van der Waals surface area contributed by atoms with Crippen LogP contribution in [0.1, 0.15) is 12.6 Å². The first-order valence-electron chi connectivity index (χ1n) is 6.04. The number of thioether (sulfide) groups is 1. The Balaban J connectivity index is 2.08. The van der Waals surface area contributed by atoms with Gasteiger partial charge in [-0.15, -0.1) is 11.8 Å². The number of aromatic nitrogens is 2. The fraction of sp³-hybridized carbons (Fsp3) is 0.636. The van der Waals surface area contributed by atoms with E-state index in [0.29, 0.717) is 12.2 Å². The van der Waals surface area contributed by atoms with Crippen LogP contribution >= 0.6 is 11.8 Å². The molecule has 2 aliphatic rings. The van der Waals surface area contributed by atoms with E-state index in [1.165, 1.54) is 18.0 Å². The van der Waals surface area contributed by atoms with Crippen molar-refractivity contribution in [2.24, 2.45) is 0 Å². The van der Waals surface area contributed by atoms with E-state index in [1.54, 1.807) is 0 Å². The third kappa shape index (κ3) is 1.70. The molecule has 0 radical (unpaired) electrons. The smallest absolute Gasteiger partial charge is 0.330 e. The highest BCUT2D eigenvalue weighted by molar-refractivity contribution is 8.02. The molecule has 110 valence electrons.